The van der Waals surface area contributed by atoms with Crippen LogP contribution in [0, 0.1) is 19.8 Å². The predicted molar refractivity (Wildman–Crippen MR) is 145 cm³/mol. The van der Waals surface area contributed by atoms with Gasteiger partial charge < -0.3 is 9.47 Å². The molecule has 190 valence electrons. The summed E-state index contributed by atoms with van der Waals surface area (Å²) in [5.41, 5.74) is 5.09. The molecule has 1 atom stereocenters. The Morgan fingerprint density at radius 3 is 1.75 bits per heavy atom. The van der Waals surface area contributed by atoms with Crippen LogP contribution < -0.4 is 9.47 Å². The van der Waals surface area contributed by atoms with Crippen LogP contribution in [0.2, 0.25) is 0 Å². The molecule has 0 amide bonds. The van der Waals surface area contributed by atoms with Gasteiger partial charge in [0.05, 0.1) is 11.7 Å². The Hall–Kier alpha value is -3.40. The zero-order valence-electron chi connectivity index (χ0n) is 22.8. The van der Waals surface area contributed by atoms with Gasteiger partial charge in [0.1, 0.15) is 11.5 Å². The minimum Gasteiger partial charge on any atom is -0.491 e. The molecule has 3 aromatic carbocycles. The number of ether oxygens (including phenoxy) is 2. The minimum atomic E-state index is -0.441. The third kappa shape index (κ3) is 6.04. The number of rotatable bonds is 9. The lowest BCUT2D eigenvalue weighted by Gasteiger charge is -2.28. The second kappa shape index (κ2) is 11.1. The standard InChI is InChI=1S/C32H38O4/c1-9-21(4)30(33)24-10-12-25(13-11-24)31(34)36-29-17-15-27(19-23(29)6)32(7,8)26-14-16-28(22(5)18-26)35-20(2)3/h10-21H,9H2,1-8H3. The zero-order chi connectivity index (χ0) is 26.6. The van der Waals surface area contributed by atoms with Crippen LogP contribution in [0.15, 0.2) is 60.7 Å². The molecule has 0 saturated heterocycles. The van der Waals surface area contributed by atoms with E-state index in [-0.39, 0.29) is 23.2 Å². The number of benzene rings is 3. The molecule has 3 rings (SSSR count). The fourth-order valence-electron chi connectivity index (χ4n) is 4.14. The first-order chi connectivity index (χ1) is 16.9. The van der Waals surface area contributed by atoms with Crippen molar-refractivity contribution in [3.8, 4) is 11.5 Å². The highest BCUT2D eigenvalue weighted by Crippen LogP contribution is 2.36. The summed E-state index contributed by atoms with van der Waals surface area (Å²) >= 11 is 0. The lowest BCUT2D eigenvalue weighted by atomic mass is 9.77. The van der Waals surface area contributed by atoms with E-state index < -0.39 is 5.97 Å². The molecule has 1 unspecified atom stereocenters. The smallest absolute Gasteiger partial charge is 0.343 e. The molecule has 4 nitrogen and oxygen atoms in total. The molecule has 0 N–H and O–H groups in total. The Kier molecular flexibility index (Phi) is 8.39. The van der Waals surface area contributed by atoms with E-state index in [0.717, 1.165) is 28.9 Å². The summed E-state index contributed by atoms with van der Waals surface area (Å²) in [6.07, 6.45) is 0.914. The Balaban J connectivity index is 1.77. The summed E-state index contributed by atoms with van der Waals surface area (Å²) in [7, 11) is 0. The molecule has 0 spiro atoms. The topological polar surface area (TPSA) is 52.6 Å². The summed E-state index contributed by atoms with van der Waals surface area (Å²) in [6, 6.07) is 19.0. The van der Waals surface area contributed by atoms with Gasteiger partial charge in [-0.2, -0.15) is 0 Å². The fourth-order valence-corrected chi connectivity index (χ4v) is 4.14. The zero-order valence-corrected chi connectivity index (χ0v) is 22.8. The molecule has 0 fully saturated rings. The Labute approximate surface area is 215 Å². The molecule has 36 heavy (non-hydrogen) atoms. The highest BCUT2D eigenvalue weighted by molar-refractivity contribution is 5.99. The summed E-state index contributed by atoms with van der Waals surface area (Å²) < 4.78 is 11.6. The molecule has 3 aromatic rings. The molecule has 0 aliphatic carbocycles. The highest BCUT2D eigenvalue weighted by atomic mass is 16.5. The van der Waals surface area contributed by atoms with Crippen molar-refractivity contribution in [2.45, 2.75) is 73.3 Å². The minimum absolute atomic E-state index is 0.0385. The van der Waals surface area contributed by atoms with Crippen LogP contribution in [0.25, 0.3) is 0 Å². The second-order valence-electron chi connectivity index (χ2n) is 10.4. The van der Waals surface area contributed by atoms with Gasteiger partial charge in [-0.3, -0.25) is 4.79 Å². The van der Waals surface area contributed by atoms with Crippen LogP contribution in [-0.4, -0.2) is 17.9 Å². The van der Waals surface area contributed by atoms with E-state index >= 15 is 0 Å². The van der Waals surface area contributed by atoms with Crippen molar-refractivity contribution in [1.29, 1.82) is 0 Å². The summed E-state index contributed by atoms with van der Waals surface area (Å²) in [5, 5.41) is 0. The van der Waals surface area contributed by atoms with Crippen molar-refractivity contribution in [3.63, 3.8) is 0 Å². The first-order valence-corrected chi connectivity index (χ1v) is 12.7. The second-order valence-corrected chi connectivity index (χ2v) is 10.4. The number of hydrogen-bond donors (Lipinski definition) is 0. The van der Waals surface area contributed by atoms with Gasteiger partial charge in [0.25, 0.3) is 0 Å². The Morgan fingerprint density at radius 1 is 0.778 bits per heavy atom. The number of aryl methyl sites for hydroxylation is 2. The first kappa shape index (κ1) is 27.2. The van der Waals surface area contributed by atoms with Crippen molar-refractivity contribution >= 4 is 11.8 Å². The number of hydrogen-bond acceptors (Lipinski definition) is 4. The van der Waals surface area contributed by atoms with Crippen molar-refractivity contribution in [2.24, 2.45) is 5.92 Å². The van der Waals surface area contributed by atoms with Crippen LogP contribution in [0.4, 0.5) is 0 Å². The van der Waals surface area contributed by atoms with E-state index in [0.29, 0.717) is 16.9 Å². The van der Waals surface area contributed by atoms with Gasteiger partial charge in [-0.05, 0) is 80.6 Å². The average molecular weight is 487 g/mol. The van der Waals surface area contributed by atoms with Gasteiger partial charge in [0.2, 0.25) is 0 Å². The Morgan fingerprint density at radius 2 is 1.28 bits per heavy atom. The third-order valence-corrected chi connectivity index (χ3v) is 6.82. The number of ketones is 1. The maximum absolute atomic E-state index is 12.8. The quantitative estimate of drug-likeness (QED) is 0.175. The predicted octanol–water partition coefficient (Wildman–Crippen LogP) is 7.86. The molecule has 4 heteroatoms. The molecular formula is C32H38O4. The van der Waals surface area contributed by atoms with E-state index in [9.17, 15) is 9.59 Å². The normalized spacial score (nSPS) is 12.4. The molecule has 0 aliphatic rings. The van der Waals surface area contributed by atoms with Crippen LogP contribution in [0.3, 0.4) is 0 Å². The number of carbonyl (C=O) groups excluding carboxylic acids is 2. The van der Waals surface area contributed by atoms with Crippen molar-refractivity contribution in [3.05, 3.63) is 94.0 Å². The van der Waals surface area contributed by atoms with E-state index in [1.807, 2.05) is 52.8 Å². The highest BCUT2D eigenvalue weighted by Gasteiger charge is 2.25. The summed E-state index contributed by atoms with van der Waals surface area (Å²) in [5.74, 6) is 1.03. The van der Waals surface area contributed by atoms with Gasteiger partial charge in [-0.1, -0.05) is 64.1 Å². The Bertz CT molecular complexity index is 1240. The number of carbonyl (C=O) groups is 2. The van der Waals surface area contributed by atoms with Crippen LogP contribution >= 0.6 is 0 Å². The molecule has 0 radical (unpaired) electrons. The molecule has 0 aliphatic heterocycles. The summed E-state index contributed by atoms with van der Waals surface area (Å²) in [6.45, 7) is 16.3. The van der Waals surface area contributed by atoms with Crippen LogP contribution in [0.1, 0.15) is 90.9 Å². The molecule has 0 aromatic heterocycles. The molecule has 0 saturated carbocycles. The SMILES string of the molecule is CCC(C)C(=O)c1ccc(C(=O)Oc2ccc(C(C)(C)c3ccc(OC(C)C)c(C)c3)cc2C)cc1. The third-order valence-electron chi connectivity index (χ3n) is 6.82. The van der Waals surface area contributed by atoms with Gasteiger partial charge in [-0.25, -0.2) is 4.79 Å². The van der Waals surface area contributed by atoms with Gasteiger partial charge in [0.15, 0.2) is 5.78 Å². The van der Waals surface area contributed by atoms with Gasteiger partial charge >= 0.3 is 5.97 Å². The maximum atomic E-state index is 12.8. The van der Waals surface area contributed by atoms with Crippen LogP contribution in [0.5, 0.6) is 11.5 Å². The van der Waals surface area contributed by atoms with E-state index in [1.165, 1.54) is 5.56 Å². The van der Waals surface area contributed by atoms with Gasteiger partial charge in [0, 0.05) is 16.9 Å². The van der Waals surface area contributed by atoms with Crippen molar-refractivity contribution < 1.29 is 19.1 Å². The molecule has 0 heterocycles. The van der Waals surface area contributed by atoms with E-state index in [4.69, 9.17) is 9.47 Å². The summed E-state index contributed by atoms with van der Waals surface area (Å²) in [4.78, 5) is 25.1. The van der Waals surface area contributed by atoms with Crippen molar-refractivity contribution in [2.75, 3.05) is 0 Å². The first-order valence-electron chi connectivity index (χ1n) is 12.7. The van der Waals surface area contributed by atoms with E-state index in [1.54, 1.807) is 24.3 Å². The average Bonchev–Trinajstić information content (AvgIpc) is 2.85. The molecular weight excluding hydrogens is 448 g/mol. The maximum Gasteiger partial charge on any atom is 0.343 e. The van der Waals surface area contributed by atoms with E-state index in [2.05, 4.69) is 39.0 Å². The lowest BCUT2D eigenvalue weighted by molar-refractivity contribution is 0.0732. The lowest BCUT2D eigenvalue weighted by Crippen LogP contribution is -2.20. The number of Topliss-reactive ketones (excluding diaryl/α,β-unsaturated/α-hetero) is 1. The van der Waals surface area contributed by atoms with Crippen molar-refractivity contribution in [1.82, 2.24) is 0 Å². The fraction of sp³-hybridized carbons (Fsp3) is 0.375. The van der Waals surface area contributed by atoms with Gasteiger partial charge in [-0.15, -0.1) is 0 Å². The number of esters is 1. The molecule has 0 bridgehead atoms. The van der Waals surface area contributed by atoms with Crippen LogP contribution in [-0.2, 0) is 5.41 Å². The monoisotopic (exact) mass is 486 g/mol. The largest absolute Gasteiger partial charge is 0.491 e.